The van der Waals surface area contributed by atoms with Crippen molar-refractivity contribution in [2.24, 2.45) is 0 Å². The number of hydrogen-bond acceptors (Lipinski definition) is 3. The predicted molar refractivity (Wildman–Crippen MR) is 63.5 cm³/mol. The second-order valence-corrected chi connectivity index (χ2v) is 3.50. The highest BCUT2D eigenvalue weighted by molar-refractivity contribution is 5.83. The van der Waals surface area contributed by atoms with Crippen molar-refractivity contribution >= 4 is 11.8 Å². The molecule has 0 atom stereocenters. The fourth-order valence-electron chi connectivity index (χ4n) is 1.31. The van der Waals surface area contributed by atoms with Crippen LogP contribution in [0.2, 0.25) is 0 Å². The van der Waals surface area contributed by atoms with Crippen LogP contribution in [-0.4, -0.2) is 25.5 Å². The molecule has 0 spiro atoms. The van der Waals surface area contributed by atoms with Gasteiger partial charge >= 0.3 is 0 Å². The maximum Gasteiger partial charge on any atom is 0.239 e. The van der Waals surface area contributed by atoms with Crippen LogP contribution in [0.25, 0.3) is 0 Å². The van der Waals surface area contributed by atoms with Gasteiger partial charge in [0.2, 0.25) is 11.8 Å². The fourth-order valence-corrected chi connectivity index (χ4v) is 1.31. The minimum Gasteiger partial charge on any atom is -0.496 e. The van der Waals surface area contributed by atoms with E-state index in [9.17, 15) is 9.59 Å². The van der Waals surface area contributed by atoms with Gasteiger partial charge in [-0.1, -0.05) is 18.2 Å². The number of benzene rings is 1. The minimum atomic E-state index is -0.230. The lowest BCUT2D eigenvalue weighted by atomic mass is 10.2. The second kappa shape index (κ2) is 6.52. The number of para-hydroxylation sites is 1. The summed E-state index contributed by atoms with van der Waals surface area (Å²) in [5, 5.41) is 5.12. The molecule has 5 heteroatoms. The Kier molecular flexibility index (Phi) is 5.00. The topological polar surface area (TPSA) is 67.4 Å². The lowest BCUT2D eigenvalue weighted by Crippen LogP contribution is -2.35. The van der Waals surface area contributed by atoms with Crippen molar-refractivity contribution in [1.82, 2.24) is 10.6 Å². The molecule has 17 heavy (non-hydrogen) atoms. The molecule has 5 nitrogen and oxygen atoms in total. The summed E-state index contributed by atoms with van der Waals surface area (Å²) in [7, 11) is 1.58. The Morgan fingerprint density at radius 3 is 2.59 bits per heavy atom. The van der Waals surface area contributed by atoms with Gasteiger partial charge in [0.1, 0.15) is 5.75 Å². The van der Waals surface area contributed by atoms with Gasteiger partial charge in [-0.05, 0) is 6.07 Å². The third kappa shape index (κ3) is 4.55. The molecule has 1 aromatic carbocycles. The molecule has 92 valence electrons. The first kappa shape index (κ1) is 13.0. The van der Waals surface area contributed by atoms with Crippen molar-refractivity contribution in [1.29, 1.82) is 0 Å². The summed E-state index contributed by atoms with van der Waals surface area (Å²) in [6, 6.07) is 7.44. The number of carbonyl (C=O) groups is 2. The molecule has 0 bridgehead atoms. The van der Waals surface area contributed by atoms with Gasteiger partial charge in [0.15, 0.2) is 0 Å². The van der Waals surface area contributed by atoms with E-state index in [1.54, 1.807) is 7.11 Å². The van der Waals surface area contributed by atoms with E-state index in [4.69, 9.17) is 4.74 Å². The first-order valence-electron chi connectivity index (χ1n) is 5.26. The van der Waals surface area contributed by atoms with Crippen LogP contribution < -0.4 is 15.4 Å². The Labute approximate surface area is 100 Å². The number of ether oxygens (including phenoxy) is 1. The summed E-state index contributed by atoms with van der Waals surface area (Å²) in [6.07, 6.45) is 0. The molecule has 2 N–H and O–H groups in total. The Balaban J connectivity index is 2.44. The van der Waals surface area contributed by atoms with E-state index in [0.717, 1.165) is 11.3 Å². The van der Waals surface area contributed by atoms with E-state index in [-0.39, 0.29) is 18.4 Å². The molecule has 1 rings (SSSR count). The third-order valence-electron chi connectivity index (χ3n) is 2.17. The molecule has 0 saturated heterocycles. The van der Waals surface area contributed by atoms with E-state index in [1.807, 2.05) is 24.3 Å². The number of carbonyl (C=O) groups excluding carboxylic acids is 2. The van der Waals surface area contributed by atoms with Crippen LogP contribution >= 0.6 is 0 Å². The van der Waals surface area contributed by atoms with Crippen LogP contribution in [0.1, 0.15) is 12.5 Å². The Hall–Kier alpha value is -2.04. The molecule has 0 heterocycles. The summed E-state index contributed by atoms with van der Waals surface area (Å²) in [6.45, 7) is 1.74. The number of hydrogen-bond donors (Lipinski definition) is 2. The highest BCUT2D eigenvalue weighted by Crippen LogP contribution is 2.16. The molecule has 0 aromatic heterocycles. The van der Waals surface area contributed by atoms with Crippen LogP contribution in [0.4, 0.5) is 0 Å². The highest BCUT2D eigenvalue weighted by atomic mass is 16.5. The molecular weight excluding hydrogens is 220 g/mol. The smallest absolute Gasteiger partial charge is 0.239 e. The zero-order valence-corrected chi connectivity index (χ0v) is 9.95. The molecule has 0 aliphatic rings. The lowest BCUT2D eigenvalue weighted by Gasteiger charge is -2.09. The van der Waals surface area contributed by atoms with E-state index < -0.39 is 0 Å². The third-order valence-corrected chi connectivity index (χ3v) is 2.17. The summed E-state index contributed by atoms with van der Waals surface area (Å²) in [4.78, 5) is 22.0. The maximum absolute atomic E-state index is 11.4. The molecular formula is C12H16N2O3. The molecule has 0 unspecified atom stereocenters. The standard InChI is InChI=1S/C12H16N2O3/c1-9(15)13-8-12(16)14-7-10-5-3-4-6-11(10)17-2/h3-6H,7-8H2,1-2H3,(H,13,15)(H,14,16). The largest absolute Gasteiger partial charge is 0.496 e. The minimum absolute atomic E-state index is 0.00944. The average Bonchev–Trinajstić information content (AvgIpc) is 2.34. The molecule has 0 radical (unpaired) electrons. The molecule has 0 fully saturated rings. The fraction of sp³-hybridized carbons (Fsp3) is 0.333. The van der Waals surface area contributed by atoms with E-state index >= 15 is 0 Å². The Morgan fingerprint density at radius 2 is 1.94 bits per heavy atom. The predicted octanol–water partition coefficient (Wildman–Crippen LogP) is 0.447. The van der Waals surface area contributed by atoms with Crippen LogP contribution in [0, 0.1) is 0 Å². The molecule has 2 amide bonds. The summed E-state index contributed by atoms with van der Waals surface area (Å²) in [5.41, 5.74) is 0.895. The Morgan fingerprint density at radius 1 is 1.24 bits per heavy atom. The number of methoxy groups -OCH3 is 1. The van der Waals surface area contributed by atoms with Gasteiger partial charge in [-0.25, -0.2) is 0 Å². The first-order valence-corrected chi connectivity index (χ1v) is 5.26. The SMILES string of the molecule is COc1ccccc1CNC(=O)CNC(C)=O. The van der Waals surface area contributed by atoms with E-state index in [2.05, 4.69) is 10.6 Å². The van der Waals surface area contributed by atoms with Gasteiger partial charge in [0, 0.05) is 19.0 Å². The summed E-state index contributed by atoms with van der Waals surface area (Å²) >= 11 is 0. The maximum atomic E-state index is 11.4. The van der Waals surface area contributed by atoms with E-state index in [1.165, 1.54) is 6.92 Å². The second-order valence-electron chi connectivity index (χ2n) is 3.50. The first-order chi connectivity index (χ1) is 8.13. The van der Waals surface area contributed by atoms with Gasteiger partial charge in [-0.15, -0.1) is 0 Å². The zero-order chi connectivity index (χ0) is 12.7. The summed E-state index contributed by atoms with van der Waals surface area (Å²) < 4.78 is 5.15. The van der Waals surface area contributed by atoms with Crippen LogP contribution in [0.5, 0.6) is 5.75 Å². The average molecular weight is 236 g/mol. The molecule has 1 aromatic rings. The normalized spacial score (nSPS) is 9.53. The zero-order valence-electron chi connectivity index (χ0n) is 9.95. The molecule has 0 aliphatic heterocycles. The van der Waals surface area contributed by atoms with Crippen LogP contribution in [-0.2, 0) is 16.1 Å². The Bertz CT molecular complexity index is 404. The van der Waals surface area contributed by atoms with Gasteiger partial charge in [0.25, 0.3) is 0 Å². The highest BCUT2D eigenvalue weighted by Gasteiger charge is 2.05. The molecule has 0 saturated carbocycles. The van der Waals surface area contributed by atoms with E-state index in [0.29, 0.717) is 6.54 Å². The lowest BCUT2D eigenvalue weighted by molar-refractivity contribution is -0.125. The van der Waals surface area contributed by atoms with Crippen molar-refractivity contribution in [3.8, 4) is 5.75 Å². The number of rotatable bonds is 5. The van der Waals surface area contributed by atoms with Crippen LogP contribution in [0.3, 0.4) is 0 Å². The number of amides is 2. The molecule has 0 aliphatic carbocycles. The monoisotopic (exact) mass is 236 g/mol. The van der Waals surface area contributed by atoms with Crippen molar-refractivity contribution in [3.63, 3.8) is 0 Å². The summed E-state index contributed by atoms with van der Waals surface area (Å²) in [5.74, 6) is 0.274. The van der Waals surface area contributed by atoms with Gasteiger partial charge < -0.3 is 15.4 Å². The van der Waals surface area contributed by atoms with Crippen molar-refractivity contribution in [2.75, 3.05) is 13.7 Å². The number of nitrogens with one attached hydrogen (secondary N) is 2. The van der Waals surface area contributed by atoms with Crippen molar-refractivity contribution < 1.29 is 14.3 Å². The van der Waals surface area contributed by atoms with Crippen molar-refractivity contribution in [2.45, 2.75) is 13.5 Å². The van der Waals surface area contributed by atoms with Gasteiger partial charge in [0.05, 0.1) is 13.7 Å². The van der Waals surface area contributed by atoms with Gasteiger partial charge in [-0.3, -0.25) is 9.59 Å². The quantitative estimate of drug-likeness (QED) is 0.780. The van der Waals surface area contributed by atoms with Crippen molar-refractivity contribution in [3.05, 3.63) is 29.8 Å². The van der Waals surface area contributed by atoms with Gasteiger partial charge in [-0.2, -0.15) is 0 Å². The van der Waals surface area contributed by atoms with Crippen LogP contribution in [0.15, 0.2) is 24.3 Å².